The van der Waals surface area contributed by atoms with Gasteiger partial charge in [-0.05, 0) is 42.2 Å². The van der Waals surface area contributed by atoms with Crippen LogP contribution >= 0.6 is 0 Å². The third-order valence-electron chi connectivity index (χ3n) is 4.99. The molecular weight excluding hydrogens is 362 g/mol. The Kier molecular flexibility index (Phi) is 5.22. The van der Waals surface area contributed by atoms with Crippen molar-refractivity contribution >= 4 is 18.0 Å². The van der Waals surface area contributed by atoms with Gasteiger partial charge in [0, 0.05) is 6.08 Å². The summed E-state index contributed by atoms with van der Waals surface area (Å²) in [6.45, 7) is 0. The number of amides is 1. The number of ether oxygens (including phenoxy) is 1. The van der Waals surface area contributed by atoms with E-state index in [1.165, 1.54) is 18.2 Å². The summed E-state index contributed by atoms with van der Waals surface area (Å²) in [6.07, 6.45) is 0.847. The van der Waals surface area contributed by atoms with E-state index in [0.717, 1.165) is 6.08 Å². The molecule has 0 aliphatic heterocycles. The zero-order valence-electron chi connectivity index (χ0n) is 15.0. The fraction of sp³-hybridized carbons (Fsp3) is 0.238. The lowest BCUT2D eigenvalue weighted by Crippen LogP contribution is -2.56. The van der Waals surface area contributed by atoms with Crippen LogP contribution in [0, 0.1) is 0 Å². The number of aliphatic hydroxyl groups is 2. The molecule has 7 nitrogen and oxygen atoms in total. The number of carbonyl (C=O) groups is 2. The first-order chi connectivity index (χ1) is 13.3. The highest BCUT2D eigenvalue weighted by molar-refractivity contribution is 5.89. The maximum absolute atomic E-state index is 12.3. The van der Waals surface area contributed by atoms with Crippen molar-refractivity contribution in [2.45, 2.75) is 30.1 Å². The van der Waals surface area contributed by atoms with E-state index in [9.17, 15) is 24.9 Å². The molecule has 0 bridgehead atoms. The van der Waals surface area contributed by atoms with Crippen molar-refractivity contribution in [3.63, 3.8) is 0 Å². The van der Waals surface area contributed by atoms with Crippen molar-refractivity contribution in [1.82, 2.24) is 0 Å². The Hall–Kier alpha value is -3.16. The van der Waals surface area contributed by atoms with Crippen molar-refractivity contribution in [3.05, 3.63) is 71.8 Å². The first kappa shape index (κ1) is 19.6. The van der Waals surface area contributed by atoms with E-state index in [1.807, 2.05) is 0 Å². The van der Waals surface area contributed by atoms with Crippen molar-refractivity contribution < 1.29 is 29.6 Å². The predicted molar refractivity (Wildman–Crippen MR) is 101 cm³/mol. The van der Waals surface area contributed by atoms with Crippen LogP contribution < -0.4 is 5.73 Å². The monoisotopic (exact) mass is 383 g/mol. The van der Waals surface area contributed by atoms with Crippen molar-refractivity contribution in [2.24, 2.45) is 5.73 Å². The lowest BCUT2D eigenvalue weighted by molar-refractivity contribution is -0.184. The van der Waals surface area contributed by atoms with Gasteiger partial charge in [-0.1, -0.05) is 42.5 Å². The highest BCUT2D eigenvalue weighted by Gasteiger charge is 2.62. The second-order valence-corrected chi connectivity index (χ2v) is 6.82. The number of rotatable bonds is 5. The van der Waals surface area contributed by atoms with Crippen LogP contribution in [0.5, 0.6) is 5.75 Å². The van der Waals surface area contributed by atoms with E-state index in [4.69, 9.17) is 10.5 Å². The van der Waals surface area contributed by atoms with E-state index in [1.54, 1.807) is 42.5 Å². The average molecular weight is 383 g/mol. The molecule has 5 N–H and O–H groups in total. The molecule has 0 aromatic heterocycles. The summed E-state index contributed by atoms with van der Waals surface area (Å²) in [7, 11) is 0. The number of nitrogens with two attached hydrogens (primary N) is 1. The fourth-order valence-corrected chi connectivity index (χ4v) is 3.41. The maximum atomic E-state index is 12.3. The van der Waals surface area contributed by atoms with Crippen LogP contribution in [-0.4, -0.2) is 38.9 Å². The summed E-state index contributed by atoms with van der Waals surface area (Å²) < 4.78 is 5.33. The molecule has 2 aromatic carbocycles. The summed E-state index contributed by atoms with van der Waals surface area (Å²) in [5.41, 5.74) is 2.44. The van der Waals surface area contributed by atoms with Crippen molar-refractivity contribution in [2.75, 3.05) is 0 Å². The van der Waals surface area contributed by atoms with Gasteiger partial charge in [0.25, 0.3) is 5.91 Å². The molecule has 3 rings (SSSR count). The second-order valence-electron chi connectivity index (χ2n) is 6.82. The third-order valence-corrected chi connectivity index (χ3v) is 4.99. The third kappa shape index (κ3) is 3.62. The van der Waals surface area contributed by atoms with Crippen LogP contribution in [0.25, 0.3) is 6.08 Å². The SMILES string of the molecule is NC(=O)[C@]1(O)CC[C@](O)(c2ccccc2)[C@H]1OC(=O)C=Cc1ccc(O)cc1. The summed E-state index contributed by atoms with van der Waals surface area (Å²) in [4.78, 5) is 24.2. The van der Waals surface area contributed by atoms with E-state index < -0.39 is 29.2 Å². The molecule has 0 unspecified atom stereocenters. The number of aromatic hydroxyl groups is 1. The van der Waals surface area contributed by atoms with Crippen LogP contribution in [0.4, 0.5) is 0 Å². The molecule has 0 radical (unpaired) electrons. The maximum Gasteiger partial charge on any atom is 0.331 e. The first-order valence-corrected chi connectivity index (χ1v) is 8.73. The minimum absolute atomic E-state index is 0.00389. The van der Waals surface area contributed by atoms with Gasteiger partial charge in [-0.15, -0.1) is 0 Å². The highest BCUT2D eigenvalue weighted by atomic mass is 16.6. The van der Waals surface area contributed by atoms with Crippen LogP contribution in [-0.2, 0) is 19.9 Å². The summed E-state index contributed by atoms with van der Waals surface area (Å²) in [5.74, 6) is -1.83. The standard InChI is InChI=1S/C21H21NO6/c22-19(25)21(27)13-12-20(26,15-4-2-1-3-5-15)18(21)28-17(24)11-8-14-6-9-16(23)10-7-14/h1-11,18,23,26-27H,12-13H2,(H2,22,25)/t18-,20+,21+/m1/s1. The van der Waals surface area contributed by atoms with Gasteiger partial charge in [0.2, 0.25) is 0 Å². The second kappa shape index (κ2) is 7.46. The lowest BCUT2D eigenvalue weighted by atomic mass is 9.86. The number of esters is 1. The molecule has 146 valence electrons. The normalized spacial score (nSPS) is 27.0. The summed E-state index contributed by atoms with van der Waals surface area (Å²) in [6, 6.07) is 14.5. The number of hydrogen-bond acceptors (Lipinski definition) is 6. The lowest BCUT2D eigenvalue weighted by Gasteiger charge is -2.35. The van der Waals surface area contributed by atoms with Crippen LogP contribution in [0.15, 0.2) is 60.7 Å². The van der Waals surface area contributed by atoms with Crippen LogP contribution in [0.3, 0.4) is 0 Å². The fourth-order valence-electron chi connectivity index (χ4n) is 3.41. The molecule has 1 amide bonds. The predicted octanol–water partition coefficient (Wildman–Crippen LogP) is 1.22. The Labute approximate surface area is 161 Å². The number of benzene rings is 2. The number of phenols is 1. The number of phenolic OH excluding ortho intramolecular Hbond substituents is 1. The quantitative estimate of drug-likeness (QED) is 0.454. The highest BCUT2D eigenvalue weighted by Crippen LogP contribution is 2.46. The molecule has 2 aromatic rings. The Bertz CT molecular complexity index is 895. The Morgan fingerprint density at radius 2 is 1.68 bits per heavy atom. The zero-order chi connectivity index (χ0) is 20.4. The van der Waals surface area contributed by atoms with Gasteiger partial charge >= 0.3 is 5.97 Å². The minimum atomic E-state index is -2.19. The number of hydrogen-bond donors (Lipinski definition) is 4. The summed E-state index contributed by atoms with van der Waals surface area (Å²) >= 11 is 0. The molecule has 0 heterocycles. The number of carbonyl (C=O) groups excluding carboxylic acids is 2. The van der Waals surface area contributed by atoms with E-state index >= 15 is 0 Å². The van der Waals surface area contributed by atoms with Crippen LogP contribution in [0.1, 0.15) is 24.0 Å². The van der Waals surface area contributed by atoms with E-state index in [-0.39, 0.29) is 18.6 Å². The Morgan fingerprint density at radius 1 is 1.04 bits per heavy atom. The molecule has 1 aliphatic carbocycles. The van der Waals surface area contributed by atoms with Crippen molar-refractivity contribution in [3.8, 4) is 5.75 Å². The van der Waals surface area contributed by atoms with Gasteiger partial charge in [-0.3, -0.25) is 4.79 Å². The van der Waals surface area contributed by atoms with Crippen molar-refractivity contribution in [1.29, 1.82) is 0 Å². The largest absolute Gasteiger partial charge is 0.508 e. The Morgan fingerprint density at radius 3 is 2.29 bits per heavy atom. The van der Waals surface area contributed by atoms with E-state index in [0.29, 0.717) is 11.1 Å². The molecule has 0 saturated heterocycles. The van der Waals surface area contributed by atoms with Gasteiger partial charge in [0.15, 0.2) is 11.7 Å². The number of primary amides is 1. The summed E-state index contributed by atoms with van der Waals surface area (Å²) in [5, 5.41) is 31.2. The molecule has 1 aliphatic rings. The average Bonchev–Trinajstić information content (AvgIpc) is 2.96. The van der Waals surface area contributed by atoms with Gasteiger partial charge < -0.3 is 25.8 Å². The zero-order valence-corrected chi connectivity index (χ0v) is 15.0. The minimum Gasteiger partial charge on any atom is -0.508 e. The topological polar surface area (TPSA) is 130 Å². The molecule has 1 fully saturated rings. The molecule has 3 atom stereocenters. The van der Waals surface area contributed by atoms with Gasteiger partial charge in [0.1, 0.15) is 11.4 Å². The van der Waals surface area contributed by atoms with Gasteiger partial charge in [0.05, 0.1) is 0 Å². The molecule has 28 heavy (non-hydrogen) atoms. The smallest absolute Gasteiger partial charge is 0.331 e. The van der Waals surface area contributed by atoms with E-state index in [2.05, 4.69) is 0 Å². The van der Waals surface area contributed by atoms with Gasteiger partial charge in [-0.25, -0.2) is 4.79 Å². The van der Waals surface area contributed by atoms with Gasteiger partial charge in [-0.2, -0.15) is 0 Å². The first-order valence-electron chi connectivity index (χ1n) is 8.73. The molecular formula is C21H21NO6. The molecule has 7 heteroatoms. The molecule has 0 spiro atoms. The van der Waals surface area contributed by atoms with Crippen LogP contribution in [0.2, 0.25) is 0 Å². The Balaban J connectivity index is 1.87. The molecule has 1 saturated carbocycles.